The highest BCUT2D eigenvalue weighted by Gasteiger charge is 2.44. The van der Waals surface area contributed by atoms with E-state index < -0.39 is 161 Å². The van der Waals surface area contributed by atoms with Gasteiger partial charge in [-0.1, -0.05) is 18.2 Å². The van der Waals surface area contributed by atoms with E-state index in [0.29, 0.717) is 0 Å². The monoisotopic (exact) mass is 718 g/mol. The van der Waals surface area contributed by atoms with Crippen molar-refractivity contribution in [1.82, 2.24) is 0 Å². The van der Waals surface area contributed by atoms with Crippen molar-refractivity contribution >= 4 is 44.6 Å². The van der Waals surface area contributed by atoms with Crippen molar-refractivity contribution in [2.24, 2.45) is 0 Å². The molecule has 1 aliphatic rings. The molecule has 0 fully saturated rings. The zero-order valence-corrected chi connectivity index (χ0v) is 23.7. The Morgan fingerprint density at radius 3 is 1.46 bits per heavy atom. The third-order valence-electron chi connectivity index (χ3n) is 8.64. The number of hydrogen-bond donors (Lipinski definition) is 0. The van der Waals surface area contributed by atoms with Gasteiger partial charge in [-0.2, -0.15) is 0 Å². The highest BCUT2D eigenvalue weighted by molar-refractivity contribution is 6.97. The summed E-state index contributed by atoms with van der Waals surface area (Å²) in [5, 5.41) is -8.67. The molecule has 0 heterocycles. The van der Waals surface area contributed by atoms with Gasteiger partial charge in [0.2, 0.25) is 0 Å². The molecule has 1 aliphatic carbocycles. The Labute approximate surface area is 267 Å². The zero-order chi connectivity index (χ0) is 36.4. The van der Waals surface area contributed by atoms with Gasteiger partial charge in [-0.15, -0.1) is 0 Å². The molecule has 50 heavy (non-hydrogen) atoms. The minimum atomic E-state index is -3.16. The van der Waals surface area contributed by atoms with Gasteiger partial charge < -0.3 is 0 Å². The van der Waals surface area contributed by atoms with Crippen LogP contribution >= 0.6 is 0 Å². The topological polar surface area (TPSA) is 0 Å². The van der Waals surface area contributed by atoms with Crippen LogP contribution in [0.2, 0.25) is 0 Å². The predicted octanol–water partition coefficient (Wildman–Crippen LogP) is 8.31. The van der Waals surface area contributed by atoms with E-state index in [0.717, 1.165) is 18.2 Å². The van der Waals surface area contributed by atoms with Crippen molar-refractivity contribution in [3.05, 3.63) is 135 Å². The second kappa shape index (κ2) is 11.1. The van der Waals surface area contributed by atoms with Crippen LogP contribution in [0, 0.1) is 93.1 Å². The Kier molecular flexibility index (Phi) is 7.42. The molecule has 6 aromatic carbocycles. The summed E-state index contributed by atoms with van der Waals surface area (Å²) in [5.74, 6) is -39.6. The third-order valence-corrected chi connectivity index (χ3v) is 8.64. The number of benzene rings is 6. The van der Waals surface area contributed by atoms with Crippen molar-refractivity contribution in [2.75, 3.05) is 0 Å². The highest BCUT2D eigenvalue weighted by atomic mass is 19.2. The summed E-state index contributed by atoms with van der Waals surface area (Å²) >= 11 is 0. The summed E-state index contributed by atoms with van der Waals surface area (Å²) in [4.78, 5) is 0. The molecule has 0 radical (unpaired) electrons. The van der Waals surface area contributed by atoms with Gasteiger partial charge in [0, 0.05) is 16.5 Å². The molecule has 17 heteroatoms. The number of rotatable bonds is 3. The molecule has 0 atom stereocenters. The molecule has 0 nitrogen and oxygen atoms in total. The Morgan fingerprint density at radius 1 is 0.360 bits per heavy atom. The fourth-order valence-electron chi connectivity index (χ4n) is 6.55. The molecule has 7 rings (SSSR count). The molecule has 0 aliphatic heterocycles. The molecule has 0 bridgehead atoms. The van der Waals surface area contributed by atoms with Crippen molar-refractivity contribution in [1.29, 1.82) is 0 Å². The standard InChI is InChI=1S/C33H7BF16/c35-10-3-1-2-7-6-8-13(12(7)10)24(41)30(47)28(45)18(8)34(9-4-5-11(36)21(38)20(9)37)19-14-15(25(42)31(48)29(19)46)23(40)17-16(22(14)39)26(43)32(49)33(50)27(17)44/h1-5H,6H2. The summed E-state index contributed by atoms with van der Waals surface area (Å²) in [6, 6.07) is 3.17. The normalized spacial score (nSPS) is 12.3. The van der Waals surface area contributed by atoms with Crippen LogP contribution in [0.5, 0.6) is 0 Å². The van der Waals surface area contributed by atoms with Crippen molar-refractivity contribution in [3.8, 4) is 11.1 Å². The van der Waals surface area contributed by atoms with E-state index >= 15 is 39.5 Å². The molecule has 0 N–H and O–H groups in total. The smallest absolute Gasteiger partial charge is 0.206 e. The lowest BCUT2D eigenvalue weighted by atomic mass is 9.35. The van der Waals surface area contributed by atoms with Crippen LogP contribution in [0.1, 0.15) is 11.1 Å². The molecule has 0 amide bonds. The molecule has 0 aromatic heterocycles. The molecule has 0 spiro atoms. The third kappa shape index (κ3) is 4.17. The average Bonchev–Trinajstić information content (AvgIpc) is 3.48. The first-order valence-electron chi connectivity index (χ1n) is 13.8. The van der Waals surface area contributed by atoms with Crippen LogP contribution < -0.4 is 16.4 Å². The quantitative estimate of drug-likeness (QED) is 0.0568. The Bertz CT molecular complexity index is 2550. The minimum absolute atomic E-state index is 0.0900. The lowest BCUT2D eigenvalue weighted by Crippen LogP contribution is -2.58. The van der Waals surface area contributed by atoms with Crippen LogP contribution in [0.4, 0.5) is 70.2 Å². The number of hydrogen-bond acceptors (Lipinski definition) is 0. The van der Waals surface area contributed by atoms with Crippen LogP contribution in [-0.2, 0) is 6.42 Å². The second-order valence-electron chi connectivity index (χ2n) is 11.1. The second-order valence-corrected chi connectivity index (χ2v) is 11.1. The van der Waals surface area contributed by atoms with Gasteiger partial charge in [-0.05, 0) is 46.1 Å². The van der Waals surface area contributed by atoms with Gasteiger partial charge >= 0.3 is 0 Å². The Balaban J connectivity index is 1.77. The first-order chi connectivity index (χ1) is 23.5. The lowest BCUT2D eigenvalue weighted by molar-refractivity contribution is 0.414. The first kappa shape index (κ1) is 33.3. The average molecular weight is 718 g/mol. The van der Waals surface area contributed by atoms with E-state index in [4.69, 9.17) is 0 Å². The number of fused-ring (bicyclic) bond motifs is 5. The van der Waals surface area contributed by atoms with E-state index in [9.17, 15) is 30.7 Å². The van der Waals surface area contributed by atoms with Crippen LogP contribution in [-0.4, -0.2) is 6.71 Å². The van der Waals surface area contributed by atoms with Crippen molar-refractivity contribution in [3.63, 3.8) is 0 Å². The molecule has 0 saturated carbocycles. The largest absolute Gasteiger partial charge is 0.254 e. The Morgan fingerprint density at radius 2 is 0.860 bits per heavy atom. The molecule has 0 unspecified atom stereocenters. The molecular weight excluding hydrogens is 711 g/mol. The van der Waals surface area contributed by atoms with Gasteiger partial charge in [0.25, 0.3) is 6.71 Å². The van der Waals surface area contributed by atoms with Crippen LogP contribution in [0.3, 0.4) is 0 Å². The van der Waals surface area contributed by atoms with Crippen LogP contribution in [0.25, 0.3) is 32.7 Å². The van der Waals surface area contributed by atoms with Crippen molar-refractivity contribution in [2.45, 2.75) is 6.42 Å². The molecule has 254 valence electrons. The molecular formula is C33H7BF16. The maximum Gasteiger partial charge on any atom is 0.254 e. The fourth-order valence-corrected chi connectivity index (χ4v) is 6.55. The van der Waals surface area contributed by atoms with Crippen LogP contribution in [0.15, 0.2) is 30.3 Å². The van der Waals surface area contributed by atoms with Gasteiger partial charge in [0.05, 0.1) is 16.2 Å². The summed E-state index contributed by atoms with van der Waals surface area (Å²) in [6.45, 7) is -3.16. The fraction of sp³-hybridized carbons (Fsp3) is 0.0303. The van der Waals surface area contributed by atoms with Gasteiger partial charge in [-0.25, -0.2) is 70.2 Å². The van der Waals surface area contributed by atoms with E-state index in [1.54, 1.807) is 0 Å². The van der Waals surface area contributed by atoms with Gasteiger partial charge in [0.1, 0.15) is 17.5 Å². The first-order valence-corrected chi connectivity index (χ1v) is 13.8. The summed E-state index contributed by atoms with van der Waals surface area (Å²) in [5.41, 5.74) is -8.19. The highest BCUT2D eigenvalue weighted by Crippen LogP contribution is 2.42. The molecule has 0 saturated heterocycles. The predicted molar refractivity (Wildman–Crippen MR) is 147 cm³/mol. The van der Waals surface area contributed by atoms with Gasteiger partial charge in [-0.3, -0.25) is 0 Å². The maximum atomic E-state index is 16.3. The summed E-state index contributed by atoms with van der Waals surface area (Å²) in [6.07, 6.45) is -0.846. The van der Waals surface area contributed by atoms with E-state index in [1.165, 1.54) is 0 Å². The van der Waals surface area contributed by atoms with E-state index in [-0.39, 0.29) is 17.7 Å². The molecule has 6 aromatic rings. The SMILES string of the molecule is Fc1ccc(B(c2c(F)c(F)c(F)c3c2Cc2cccc(F)c2-3)c2c(F)c(F)c(F)c3c(F)c4c(F)c(F)c(F)c(F)c4c(F)c23)c(F)c1F. The minimum Gasteiger partial charge on any atom is -0.206 e. The zero-order valence-electron chi connectivity index (χ0n) is 23.7. The summed E-state index contributed by atoms with van der Waals surface area (Å²) < 4.78 is 243. The van der Waals surface area contributed by atoms with Gasteiger partial charge in [0.15, 0.2) is 75.6 Å². The van der Waals surface area contributed by atoms with E-state index in [1.807, 2.05) is 0 Å². The Hall–Kier alpha value is -5.22. The van der Waals surface area contributed by atoms with Crippen molar-refractivity contribution < 1.29 is 70.2 Å². The lowest BCUT2D eigenvalue weighted by Gasteiger charge is -2.24. The number of halogens is 16. The maximum absolute atomic E-state index is 16.3. The summed E-state index contributed by atoms with van der Waals surface area (Å²) in [7, 11) is 0. The van der Waals surface area contributed by atoms with E-state index in [2.05, 4.69) is 0 Å².